The molecule has 0 fully saturated rings. The van der Waals surface area contributed by atoms with Crippen LogP contribution in [-0.2, 0) is 18.3 Å². The van der Waals surface area contributed by atoms with E-state index in [1.807, 2.05) is 0 Å². The fraction of sp³-hybridized carbons (Fsp3) is 0.545. The van der Waals surface area contributed by atoms with Crippen molar-refractivity contribution < 1.29 is 27.9 Å². The van der Waals surface area contributed by atoms with Gasteiger partial charge in [0.15, 0.2) is 0 Å². The first-order chi connectivity index (χ1) is 9.14. The third-order valence-corrected chi connectivity index (χ3v) is 2.45. The number of aromatic nitrogens is 2. The Kier molecular flexibility index (Phi) is 4.74. The molecule has 1 amide bonds. The zero-order valence-electron chi connectivity index (χ0n) is 10.9. The number of carboxylic acid groups (broad SMARTS) is 1. The number of amides is 1. The molecular weight excluding hydrogens is 279 g/mol. The van der Waals surface area contributed by atoms with E-state index in [9.17, 15) is 22.8 Å². The summed E-state index contributed by atoms with van der Waals surface area (Å²) in [5.74, 6) is -2.50. The molecular formula is C11H14F3N3O3. The van der Waals surface area contributed by atoms with Gasteiger partial charge in [0.25, 0.3) is 5.91 Å². The van der Waals surface area contributed by atoms with Crippen molar-refractivity contribution in [1.82, 2.24) is 14.7 Å². The fourth-order valence-electron chi connectivity index (χ4n) is 1.72. The summed E-state index contributed by atoms with van der Waals surface area (Å²) in [5.41, 5.74) is 0.315. The topological polar surface area (TPSA) is 75.4 Å². The largest absolute Gasteiger partial charge is 0.480 e. The Morgan fingerprint density at radius 3 is 2.50 bits per heavy atom. The monoisotopic (exact) mass is 293 g/mol. The average molecular weight is 293 g/mol. The van der Waals surface area contributed by atoms with Crippen molar-refractivity contribution in [3.8, 4) is 0 Å². The lowest BCUT2D eigenvalue weighted by Gasteiger charge is -2.21. The van der Waals surface area contributed by atoms with Gasteiger partial charge in [-0.3, -0.25) is 14.3 Å². The Morgan fingerprint density at radius 1 is 1.45 bits per heavy atom. The summed E-state index contributed by atoms with van der Waals surface area (Å²) < 4.78 is 38.5. The van der Waals surface area contributed by atoms with E-state index in [0.717, 1.165) is 0 Å². The van der Waals surface area contributed by atoms with Gasteiger partial charge in [-0.2, -0.15) is 18.3 Å². The minimum Gasteiger partial charge on any atom is -0.480 e. The highest BCUT2D eigenvalue weighted by molar-refractivity contribution is 5.96. The zero-order chi connectivity index (χ0) is 15.5. The highest BCUT2D eigenvalue weighted by Crippen LogP contribution is 2.19. The fourth-order valence-corrected chi connectivity index (χ4v) is 1.72. The summed E-state index contributed by atoms with van der Waals surface area (Å²) in [5, 5.41) is 12.6. The predicted octanol–water partition coefficient (Wildman–Crippen LogP) is 1.07. The third kappa shape index (κ3) is 4.25. The number of hydrogen-bond acceptors (Lipinski definition) is 3. The van der Waals surface area contributed by atoms with E-state index in [4.69, 9.17) is 5.11 Å². The lowest BCUT2D eigenvalue weighted by Crippen LogP contribution is -2.42. The quantitative estimate of drug-likeness (QED) is 0.881. The van der Waals surface area contributed by atoms with Gasteiger partial charge in [0, 0.05) is 13.2 Å². The van der Waals surface area contributed by atoms with Crippen molar-refractivity contribution in [1.29, 1.82) is 0 Å². The molecule has 112 valence electrons. The van der Waals surface area contributed by atoms with Crippen molar-refractivity contribution in [3.05, 3.63) is 17.5 Å². The first kappa shape index (κ1) is 16.0. The molecule has 0 aromatic carbocycles. The van der Waals surface area contributed by atoms with Gasteiger partial charge in [0.1, 0.15) is 13.1 Å². The molecule has 1 rings (SSSR count). The second-order valence-electron chi connectivity index (χ2n) is 4.19. The second-order valence-corrected chi connectivity index (χ2v) is 4.19. The first-order valence-corrected chi connectivity index (χ1v) is 5.74. The number of halogens is 3. The van der Waals surface area contributed by atoms with Crippen LogP contribution in [-0.4, -0.2) is 50.9 Å². The first-order valence-electron chi connectivity index (χ1n) is 5.74. The molecule has 1 aromatic rings. The Morgan fingerprint density at radius 2 is 2.05 bits per heavy atom. The number of hydrogen-bond donors (Lipinski definition) is 1. The number of alkyl halides is 3. The van der Waals surface area contributed by atoms with Crippen molar-refractivity contribution in [2.24, 2.45) is 7.05 Å². The number of aryl methyl sites for hydroxylation is 2. The van der Waals surface area contributed by atoms with Gasteiger partial charge < -0.3 is 10.0 Å². The van der Waals surface area contributed by atoms with Crippen LogP contribution in [0.2, 0.25) is 0 Å². The normalized spacial score (nSPS) is 11.4. The van der Waals surface area contributed by atoms with Gasteiger partial charge in [-0.1, -0.05) is 6.92 Å². The smallest absolute Gasteiger partial charge is 0.406 e. The molecule has 1 N–H and O–H groups in total. The minimum absolute atomic E-state index is 0.0134. The maximum atomic E-state index is 12.4. The molecule has 9 heteroatoms. The van der Waals surface area contributed by atoms with Gasteiger partial charge >= 0.3 is 12.1 Å². The van der Waals surface area contributed by atoms with Gasteiger partial charge in [0.05, 0.1) is 11.3 Å². The maximum Gasteiger partial charge on any atom is 0.406 e. The molecule has 0 bridgehead atoms. The van der Waals surface area contributed by atoms with E-state index in [1.165, 1.54) is 17.9 Å². The van der Waals surface area contributed by atoms with Crippen molar-refractivity contribution >= 4 is 11.9 Å². The average Bonchev–Trinajstić information content (AvgIpc) is 2.66. The Hall–Kier alpha value is -2.06. The number of nitrogens with zero attached hydrogens (tertiary/aromatic N) is 3. The molecule has 1 aromatic heterocycles. The highest BCUT2D eigenvalue weighted by atomic mass is 19.4. The summed E-state index contributed by atoms with van der Waals surface area (Å²) in [6.45, 7) is -0.934. The molecule has 0 radical (unpaired) electrons. The van der Waals surface area contributed by atoms with Crippen LogP contribution in [0.3, 0.4) is 0 Å². The molecule has 0 atom stereocenters. The van der Waals surface area contributed by atoms with E-state index < -0.39 is 31.1 Å². The molecule has 0 saturated carbocycles. The number of aliphatic carboxylic acids is 1. The van der Waals surface area contributed by atoms with Crippen LogP contribution in [0.15, 0.2) is 6.20 Å². The van der Waals surface area contributed by atoms with E-state index >= 15 is 0 Å². The standard InChI is InChI=1S/C11H14F3N3O3/c1-3-8-7(4-16(2)15-8)10(20)17(5-9(18)19)6-11(12,13)14/h4H,3,5-6H2,1-2H3,(H,18,19). The summed E-state index contributed by atoms with van der Waals surface area (Å²) >= 11 is 0. The predicted molar refractivity (Wildman–Crippen MR) is 62.2 cm³/mol. The number of rotatable bonds is 5. The van der Waals surface area contributed by atoms with E-state index in [1.54, 1.807) is 6.92 Å². The zero-order valence-corrected chi connectivity index (χ0v) is 10.9. The van der Waals surface area contributed by atoms with Crippen molar-refractivity contribution in [2.75, 3.05) is 13.1 Å². The van der Waals surface area contributed by atoms with Gasteiger partial charge in [0.2, 0.25) is 0 Å². The van der Waals surface area contributed by atoms with Crippen LogP contribution >= 0.6 is 0 Å². The van der Waals surface area contributed by atoms with Gasteiger partial charge in [-0.05, 0) is 6.42 Å². The molecule has 0 aliphatic heterocycles. The maximum absolute atomic E-state index is 12.4. The van der Waals surface area contributed by atoms with Gasteiger partial charge in [-0.15, -0.1) is 0 Å². The Bertz CT molecular complexity index is 511. The molecule has 0 spiro atoms. The van der Waals surface area contributed by atoms with Gasteiger partial charge in [-0.25, -0.2) is 0 Å². The van der Waals surface area contributed by atoms with Crippen molar-refractivity contribution in [2.45, 2.75) is 19.5 Å². The Labute approximate surface area is 112 Å². The van der Waals surface area contributed by atoms with E-state index in [2.05, 4.69) is 5.10 Å². The van der Waals surface area contributed by atoms with Crippen molar-refractivity contribution in [3.63, 3.8) is 0 Å². The SMILES string of the molecule is CCc1nn(C)cc1C(=O)N(CC(=O)O)CC(F)(F)F. The molecule has 0 saturated heterocycles. The Balaban J connectivity index is 3.05. The van der Waals surface area contributed by atoms with Crippen LogP contribution in [0.1, 0.15) is 23.0 Å². The van der Waals surface area contributed by atoms with E-state index in [-0.39, 0.29) is 10.5 Å². The second kappa shape index (κ2) is 5.93. The summed E-state index contributed by atoms with van der Waals surface area (Å²) in [4.78, 5) is 22.9. The van der Waals surface area contributed by atoms with Crippen LogP contribution in [0.4, 0.5) is 13.2 Å². The summed E-state index contributed by atoms with van der Waals surface area (Å²) in [7, 11) is 1.53. The lowest BCUT2D eigenvalue weighted by molar-refractivity contribution is -0.149. The summed E-state index contributed by atoms with van der Waals surface area (Å²) in [6, 6.07) is 0. The number of carboxylic acids is 1. The van der Waals surface area contributed by atoms with E-state index in [0.29, 0.717) is 12.1 Å². The number of carbonyl (C=O) groups excluding carboxylic acids is 1. The third-order valence-electron chi connectivity index (χ3n) is 2.45. The van der Waals surface area contributed by atoms with Crippen LogP contribution in [0.5, 0.6) is 0 Å². The lowest BCUT2D eigenvalue weighted by atomic mass is 10.2. The van der Waals surface area contributed by atoms with Crippen LogP contribution in [0.25, 0.3) is 0 Å². The number of carbonyl (C=O) groups is 2. The molecule has 6 nitrogen and oxygen atoms in total. The molecule has 0 aliphatic rings. The molecule has 0 aliphatic carbocycles. The molecule has 0 unspecified atom stereocenters. The molecule has 20 heavy (non-hydrogen) atoms. The highest BCUT2D eigenvalue weighted by Gasteiger charge is 2.35. The summed E-state index contributed by atoms with van der Waals surface area (Å²) in [6.07, 6.45) is -3.03. The molecule has 1 heterocycles. The minimum atomic E-state index is -4.67. The van der Waals surface area contributed by atoms with Crippen LogP contribution < -0.4 is 0 Å². The van der Waals surface area contributed by atoms with Crippen LogP contribution in [0, 0.1) is 0 Å².